The van der Waals surface area contributed by atoms with Crippen LogP contribution in [-0.4, -0.2) is 38.6 Å². The SMILES string of the molecule is Cc1nn(C)c(NC2CCCC2CO)c1C(=O)O. The van der Waals surface area contributed by atoms with Crippen LogP contribution in [0.3, 0.4) is 0 Å². The van der Waals surface area contributed by atoms with Crippen LogP contribution in [0.5, 0.6) is 0 Å². The summed E-state index contributed by atoms with van der Waals surface area (Å²) in [6, 6.07) is 0.128. The predicted molar refractivity (Wildman–Crippen MR) is 66.7 cm³/mol. The number of aliphatic hydroxyl groups excluding tert-OH is 1. The van der Waals surface area contributed by atoms with Gasteiger partial charge in [0.15, 0.2) is 0 Å². The second-order valence-electron chi connectivity index (χ2n) is 4.86. The Morgan fingerprint density at radius 1 is 1.56 bits per heavy atom. The lowest BCUT2D eigenvalue weighted by molar-refractivity contribution is 0.0697. The number of hydrogen-bond donors (Lipinski definition) is 3. The van der Waals surface area contributed by atoms with Gasteiger partial charge < -0.3 is 15.5 Å². The van der Waals surface area contributed by atoms with Crippen LogP contribution in [0.4, 0.5) is 5.82 Å². The molecule has 1 aromatic heterocycles. The third kappa shape index (κ3) is 2.20. The molecular weight excluding hydrogens is 234 g/mol. The van der Waals surface area contributed by atoms with Gasteiger partial charge in [-0.05, 0) is 19.8 Å². The van der Waals surface area contributed by atoms with Crippen LogP contribution < -0.4 is 5.32 Å². The van der Waals surface area contributed by atoms with Crippen molar-refractivity contribution in [1.82, 2.24) is 9.78 Å². The fourth-order valence-corrected chi connectivity index (χ4v) is 2.70. The van der Waals surface area contributed by atoms with Gasteiger partial charge in [0.25, 0.3) is 0 Å². The second kappa shape index (κ2) is 4.97. The van der Waals surface area contributed by atoms with E-state index in [1.54, 1.807) is 18.7 Å². The number of hydrogen-bond acceptors (Lipinski definition) is 4. The number of aliphatic hydroxyl groups is 1. The van der Waals surface area contributed by atoms with Crippen LogP contribution in [0.1, 0.15) is 35.3 Å². The molecule has 0 radical (unpaired) electrons. The highest BCUT2D eigenvalue weighted by Gasteiger charge is 2.29. The first-order valence-electron chi connectivity index (χ1n) is 6.19. The lowest BCUT2D eigenvalue weighted by atomic mass is 10.0. The molecule has 1 fully saturated rings. The first kappa shape index (κ1) is 12.9. The van der Waals surface area contributed by atoms with Crippen molar-refractivity contribution in [3.63, 3.8) is 0 Å². The zero-order chi connectivity index (χ0) is 13.3. The molecule has 0 amide bonds. The van der Waals surface area contributed by atoms with Crippen molar-refractivity contribution in [3.8, 4) is 0 Å². The molecular formula is C12H19N3O3. The molecule has 18 heavy (non-hydrogen) atoms. The van der Waals surface area contributed by atoms with Gasteiger partial charge in [0.1, 0.15) is 11.4 Å². The summed E-state index contributed by atoms with van der Waals surface area (Å²) in [5, 5.41) is 25.9. The van der Waals surface area contributed by atoms with Gasteiger partial charge in [-0.25, -0.2) is 4.79 Å². The number of aromatic carboxylic acids is 1. The van der Waals surface area contributed by atoms with E-state index < -0.39 is 5.97 Å². The van der Waals surface area contributed by atoms with Gasteiger partial charge in [0.2, 0.25) is 0 Å². The number of nitrogens with one attached hydrogen (secondary N) is 1. The highest BCUT2D eigenvalue weighted by atomic mass is 16.4. The summed E-state index contributed by atoms with van der Waals surface area (Å²) in [5.41, 5.74) is 0.729. The molecule has 6 heteroatoms. The quantitative estimate of drug-likeness (QED) is 0.745. The number of aromatic nitrogens is 2. The Hall–Kier alpha value is -1.56. The van der Waals surface area contributed by atoms with E-state index in [1.165, 1.54) is 0 Å². The minimum Gasteiger partial charge on any atom is -0.477 e. The second-order valence-corrected chi connectivity index (χ2v) is 4.86. The normalized spacial score (nSPS) is 23.3. The zero-order valence-electron chi connectivity index (χ0n) is 10.7. The van der Waals surface area contributed by atoms with Gasteiger partial charge in [0.05, 0.1) is 5.69 Å². The lowest BCUT2D eigenvalue weighted by Gasteiger charge is -2.20. The molecule has 2 unspecified atom stereocenters. The first-order chi connectivity index (χ1) is 8.54. The van der Waals surface area contributed by atoms with Gasteiger partial charge in [0, 0.05) is 25.6 Å². The summed E-state index contributed by atoms with van der Waals surface area (Å²) in [6.45, 7) is 1.82. The number of carbonyl (C=O) groups is 1. The molecule has 100 valence electrons. The predicted octanol–water partition coefficient (Wildman–Crippen LogP) is 1.000. The average Bonchev–Trinajstić information content (AvgIpc) is 2.84. The zero-order valence-corrected chi connectivity index (χ0v) is 10.7. The highest BCUT2D eigenvalue weighted by Crippen LogP contribution is 2.29. The lowest BCUT2D eigenvalue weighted by Crippen LogP contribution is -2.28. The Kier molecular flexibility index (Phi) is 3.56. The van der Waals surface area contributed by atoms with Crippen molar-refractivity contribution >= 4 is 11.8 Å². The number of carboxylic acid groups (broad SMARTS) is 1. The van der Waals surface area contributed by atoms with Crippen molar-refractivity contribution in [1.29, 1.82) is 0 Å². The van der Waals surface area contributed by atoms with E-state index >= 15 is 0 Å². The molecule has 1 heterocycles. The van der Waals surface area contributed by atoms with Crippen LogP contribution in [0, 0.1) is 12.8 Å². The van der Waals surface area contributed by atoms with E-state index in [-0.39, 0.29) is 24.1 Å². The fourth-order valence-electron chi connectivity index (χ4n) is 2.70. The fraction of sp³-hybridized carbons (Fsp3) is 0.667. The summed E-state index contributed by atoms with van der Waals surface area (Å²) in [4.78, 5) is 11.2. The number of aryl methyl sites for hydroxylation is 2. The summed E-state index contributed by atoms with van der Waals surface area (Å²) >= 11 is 0. The monoisotopic (exact) mass is 253 g/mol. The summed E-state index contributed by atoms with van der Waals surface area (Å²) in [7, 11) is 1.73. The van der Waals surface area contributed by atoms with E-state index in [1.807, 2.05) is 0 Å². The third-order valence-corrected chi connectivity index (χ3v) is 3.65. The molecule has 0 saturated heterocycles. The molecule has 0 bridgehead atoms. The molecule has 1 aliphatic rings. The number of carboxylic acids is 1. The van der Waals surface area contributed by atoms with Crippen LogP contribution in [0.25, 0.3) is 0 Å². The van der Waals surface area contributed by atoms with E-state index in [0.29, 0.717) is 11.5 Å². The third-order valence-electron chi connectivity index (χ3n) is 3.65. The molecule has 1 aromatic rings. The summed E-state index contributed by atoms with van der Waals surface area (Å²) in [5.74, 6) is -0.242. The Labute approximate surface area is 106 Å². The Morgan fingerprint density at radius 3 is 2.89 bits per heavy atom. The molecule has 3 N–H and O–H groups in total. The van der Waals surface area contributed by atoms with Crippen LogP contribution in [0.15, 0.2) is 0 Å². The summed E-state index contributed by atoms with van der Waals surface area (Å²) in [6.07, 6.45) is 2.99. The number of rotatable bonds is 4. The van der Waals surface area contributed by atoms with Crippen LogP contribution in [0.2, 0.25) is 0 Å². The van der Waals surface area contributed by atoms with E-state index in [0.717, 1.165) is 19.3 Å². The maximum absolute atomic E-state index is 11.2. The molecule has 2 atom stereocenters. The van der Waals surface area contributed by atoms with Crippen molar-refractivity contribution in [2.75, 3.05) is 11.9 Å². The maximum Gasteiger partial charge on any atom is 0.341 e. The molecule has 0 aliphatic heterocycles. The van der Waals surface area contributed by atoms with E-state index in [4.69, 9.17) is 0 Å². The van der Waals surface area contributed by atoms with Crippen LogP contribution in [-0.2, 0) is 7.05 Å². The van der Waals surface area contributed by atoms with Crippen molar-refractivity contribution in [2.24, 2.45) is 13.0 Å². The molecule has 0 spiro atoms. The molecule has 6 nitrogen and oxygen atoms in total. The van der Waals surface area contributed by atoms with Gasteiger partial charge in [-0.15, -0.1) is 0 Å². The Bertz CT molecular complexity index is 456. The van der Waals surface area contributed by atoms with Crippen molar-refractivity contribution < 1.29 is 15.0 Å². The Morgan fingerprint density at radius 2 is 2.28 bits per heavy atom. The topological polar surface area (TPSA) is 87.4 Å². The number of anilines is 1. The van der Waals surface area contributed by atoms with E-state index in [9.17, 15) is 15.0 Å². The van der Waals surface area contributed by atoms with Gasteiger partial charge in [-0.3, -0.25) is 4.68 Å². The minimum atomic E-state index is -0.971. The number of nitrogens with zero attached hydrogens (tertiary/aromatic N) is 2. The molecule has 2 rings (SSSR count). The van der Waals surface area contributed by atoms with Gasteiger partial charge in [-0.1, -0.05) is 6.42 Å². The maximum atomic E-state index is 11.2. The van der Waals surface area contributed by atoms with Gasteiger partial charge in [-0.2, -0.15) is 5.10 Å². The Balaban J connectivity index is 2.26. The van der Waals surface area contributed by atoms with Crippen molar-refractivity contribution in [3.05, 3.63) is 11.3 Å². The largest absolute Gasteiger partial charge is 0.477 e. The van der Waals surface area contributed by atoms with E-state index in [2.05, 4.69) is 10.4 Å². The smallest absolute Gasteiger partial charge is 0.341 e. The minimum absolute atomic E-state index is 0.128. The first-order valence-corrected chi connectivity index (χ1v) is 6.19. The average molecular weight is 253 g/mol. The summed E-state index contributed by atoms with van der Waals surface area (Å²) < 4.78 is 1.56. The molecule has 1 saturated carbocycles. The molecule has 1 aliphatic carbocycles. The van der Waals surface area contributed by atoms with Gasteiger partial charge >= 0.3 is 5.97 Å². The molecule has 0 aromatic carbocycles. The highest BCUT2D eigenvalue weighted by molar-refractivity contribution is 5.94. The van der Waals surface area contributed by atoms with Crippen molar-refractivity contribution in [2.45, 2.75) is 32.2 Å². The standard InChI is InChI=1S/C12H19N3O3/c1-7-10(12(17)18)11(15(2)14-7)13-9-5-3-4-8(9)6-16/h8-9,13,16H,3-6H2,1-2H3,(H,17,18). The van der Waals surface area contributed by atoms with Crippen LogP contribution >= 0.6 is 0 Å².